The van der Waals surface area contributed by atoms with Gasteiger partial charge in [-0.3, -0.25) is 14.5 Å². The molecular formula is C29H29N3O4. The molecule has 3 atom stereocenters. The molecule has 3 aliphatic heterocycles. The Bertz CT molecular complexity index is 1300. The molecule has 7 heteroatoms. The average Bonchev–Trinajstić information content (AvgIpc) is 3.39. The Balaban J connectivity index is 1.71. The number of fused-ring (bicyclic) bond motifs is 5. The van der Waals surface area contributed by atoms with Crippen LogP contribution in [0, 0.1) is 5.41 Å². The summed E-state index contributed by atoms with van der Waals surface area (Å²) in [7, 11) is 0. The van der Waals surface area contributed by atoms with Gasteiger partial charge in [0.25, 0.3) is 5.91 Å². The molecular weight excluding hydrogens is 454 g/mol. The third-order valence-corrected chi connectivity index (χ3v) is 7.76. The highest BCUT2D eigenvalue weighted by Crippen LogP contribution is 2.62. The summed E-state index contributed by atoms with van der Waals surface area (Å²) in [4.78, 5) is 44.0. The smallest absolute Gasteiger partial charge is 0.416 e. The number of ether oxygens (including phenoxy) is 1. The Morgan fingerprint density at radius 2 is 1.83 bits per heavy atom. The zero-order valence-electron chi connectivity index (χ0n) is 20.4. The van der Waals surface area contributed by atoms with Gasteiger partial charge in [-0.15, -0.1) is 6.58 Å². The zero-order chi connectivity index (χ0) is 25.7. The van der Waals surface area contributed by atoms with Crippen LogP contribution in [-0.2, 0) is 19.7 Å². The summed E-state index contributed by atoms with van der Waals surface area (Å²) in [6.45, 7) is 11.8. The van der Waals surface area contributed by atoms with E-state index < -0.39 is 29.1 Å². The maximum Gasteiger partial charge on any atom is 0.416 e. The maximum atomic E-state index is 14.0. The Labute approximate surface area is 210 Å². The lowest BCUT2D eigenvalue weighted by molar-refractivity contribution is -0.142. The second-order valence-electron chi connectivity index (χ2n) is 9.91. The first-order valence-corrected chi connectivity index (χ1v) is 12.0. The van der Waals surface area contributed by atoms with Gasteiger partial charge in [-0.25, -0.2) is 4.79 Å². The van der Waals surface area contributed by atoms with E-state index in [2.05, 4.69) is 18.5 Å². The number of allylic oxidation sites excluding steroid dienone is 1. The van der Waals surface area contributed by atoms with Crippen molar-refractivity contribution in [3.63, 3.8) is 0 Å². The number of hydrogen-bond donors (Lipinski definition) is 1. The molecule has 0 radical (unpaired) electrons. The molecule has 1 N–H and O–H groups in total. The van der Waals surface area contributed by atoms with Gasteiger partial charge in [-0.1, -0.05) is 81.1 Å². The summed E-state index contributed by atoms with van der Waals surface area (Å²) >= 11 is 0. The molecule has 5 rings (SSSR count). The van der Waals surface area contributed by atoms with Crippen LogP contribution in [0.2, 0.25) is 0 Å². The van der Waals surface area contributed by atoms with Gasteiger partial charge in [0.05, 0.1) is 5.69 Å². The molecule has 2 aromatic carbocycles. The number of hydrogen-bond acceptors (Lipinski definition) is 4. The van der Waals surface area contributed by atoms with E-state index in [0.29, 0.717) is 12.1 Å². The maximum absolute atomic E-state index is 14.0. The molecule has 0 spiro atoms. The van der Waals surface area contributed by atoms with Crippen LogP contribution >= 0.6 is 0 Å². The molecule has 0 saturated carbocycles. The summed E-state index contributed by atoms with van der Waals surface area (Å²) in [6, 6.07) is 16.2. The second kappa shape index (κ2) is 8.52. The number of nitrogens with one attached hydrogen (secondary N) is 1. The zero-order valence-corrected chi connectivity index (χ0v) is 20.4. The Morgan fingerprint density at radius 3 is 2.53 bits per heavy atom. The third-order valence-electron chi connectivity index (χ3n) is 7.76. The first-order valence-electron chi connectivity index (χ1n) is 12.0. The Morgan fingerprint density at radius 1 is 1.14 bits per heavy atom. The molecule has 3 heterocycles. The number of benzene rings is 2. The molecule has 0 bridgehead atoms. The fourth-order valence-electron chi connectivity index (χ4n) is 5.92. The van der Waals surface area contributed by atoms with Gasteiger partial charge in [0, 0.05) is 5.41 Å². The van der Waals surface area contributed by atoms with Crippen LogP contribution in [0.1, 0.15) is 31.4 Å². The number of carbonyl (C=O) groups is 3. The van der Waals surface area contributed by atoms with E-state index in [1.807, 2.05) is 74.5 Å². The minimum Gasteiger partial charge on any atom is -0.445 e. The van der Waals surface area contributed by atoms with Crippen molar-refractivity contribution in [2.45, 2.75) is 37.9 Å². The molecule has 3 aliphatic rings. The predicted molar refractivity (Wildman–Crippen MR) is 138 cm³/mol. The van der Waals surface area contributed by atoms with Crippen molar-refractivity contribution >= 4 is 29.7 Å². The van der Waals surface area contributed by atoms with Gasteiger partial charge >= 0.3 is 6.09 Å². The highest BCUT2D eigenvalue weighted by atomic mass is 16.6. The predicted octanol–water partition coefficient (Wildman–Crippen LogP) is 4.38. The van der Waals surface area contributed by atoms with Gasteiger partial charge < -0.3 is 15.0 Å². The lowest BCUT2D eigenvalue weighted by Gasteiger charge is -2.45. The molecule has 2 fully saturated rings. The van der Waals surface area contributed by atoms with E-state index in [4.69, 9.17) is 4.74 Å². The molecule has 2 saturated heterocycles. The van der Waals surface area contributed by atoms with Gasteiger partial charge in [-0.05, 0) is 35.1 Å². The van der Waals surface area contributed by atoms with Crippen molar-refractivity contribution in [2.75, 3.05) is 11.5 Å². The fourth-order valence-corrected chi connectivity index (χ4v) is 5.92. The van der Waals surface area contributed by atoms with Gasteiger partial charge in [0.15, 0.2) is 0 Å². The molecule has 3 amide bonds. The monoisotopic (exact) mass is 483 g/mol. The largest absolute Gasteiger partial charge is 0.445 e. The van der Waals surface area contributed by atoms with E-state index in [1.165, 1.54) is 11.0 Å². The van der Waals surface area contributed by atoms with Crippen LogP contribution in [0.4, 0.5) is 10.5 Å². The van der Waals surface area contributed by atoms with E-state index in [0.717, 1.165) is 11.1 Å². The highest BCUT2D eigenvalue weighted by Gasteiger charge is 2.70. The number of para-hydroxylation sites is 1. The summed E-state index contributed by atoms with van der Waals surface area (Å²) < 4.78 is 5.49. The van der Waals surface area contributed by atoms with Crippen LogP contribution < -0.4 is 10.2 Å². The van der Waals surface area contributed by atoms with Crippen molar-refractivity contribution in [1.29, 1.82) is 0 Å². The van der Waals surface area contributed by atoms with Crippen molar-refractivity contribution in [3.05, 3.63) is 96.7 Å². The van der Waals surface area contributed by atoms with E-state index in [-0.39, 0.29) is 24.1 Å². The lowest BCUT2D eigenvalue weighted by atomic mass is 9.60. The Kier molecular flexibility index (Phi) is 5.58. The molecule has 0 aliphatic carbocycles. The van der Waals surface area contributed by atoms with E-state index in [9.17, 15) is 14.4 Å². The average molecular weight is 484 g/mol. The van der Waals surface area contributed by atoms with Crippen LogP contribution in [0.5, 0.6) is 0 Å². The molecule has 184 valence electrons. The van der Waals surface area contributed by atoms with Crippen LogP contribution in [0.3, 0.4) is 0 Å². The van der Waals surface area contributed by atoms with Crippen LogP contribution in [0.15, 0.2) is 85.6 Å². The molecule has 36 heavy (non-hydrogen) atoms. The van der Waals surface area contributed by atoms with Crippen molar-refractivity contribution in [1.82, 2.24) is 10.2 Å². The normalized spacial score (nSPS) is 25.7. The molecule has 7 nitrogen and oxygen atoms in total. The first-order chi connectivity index (χ1) is 17.3. The van der Waals surface area contributed by atoms with Gasteiger partial charge in [0.1, 0.15) is 24.5 Å². The van der Waals surface area contributed by atoms with Crippen molar-refractivity contribution < 1.29 is 19.1 Å². The number of piperazine rings is 1. The van der Waals surface area contributed by atoms with Crippen molar-refractivity contribution in [2.24, 2.45) is 5.41 Å². The summed E-state index contributed by atoms with van der Waals surface area (Å²) in [5, 5.41) is 2.82. The summed E-state index contributed by atoms with van der Waals surface area (Å²) in [5.41, 5.74) is 1.15. The van der Waals surface area contributed by atoms with E-state index >= 15 is 0 Å². The third kappa shape index (κ3) is 3.22. The minimum atomic E-state index is -0.779. The van der Waals surface area contributed by atoms with Crippen LogP contribution in [0.25, 0.3) is 6.08 Å². The molecule has 1 unspecified atom stereocenters. The number of rotatable bonds is 5. The molecule has 2 aromatic rings. The Hall–Kier alpha value is -4.13. The lowest BCUT2D eigenvalue weighted by Crippen LogP contribution is -2.62. The highest BCUT2D eigenvalue weighted by molar-refractivity contribution is 6.09. The van der Waals surface area contributed by atoms with Crippen molar-refractivity contribution in [3.8, 4) is 0 Å². The number of carbonyl (C=O) groups excluding carboxylic acids is 3. The summed E-state index contributed by atoms with van der Waals surface area (Å²) in [6.07, 6.45) is 3.98. The number of amides is 3. The fraction of sp³-hybridized carbons (Fsp3) is 0.276. The topological polar surface area (TPSA) is 79.0 Å². The van der Waals surface area contributed by atoms with Crippen LogP contribution in [-0.4, -0.2) is 41.6 Å². The second-order valence-corrected chi connectivity index (χ2v) is 9.91. The van der Waals surface area contributed by atoms with Gasteiger partial charge in [-0.2, -0.15) is 0 Å². The molecule has 0 aromatic heterocycles. The minimum absolute atomic E-state index is 0.0269. The standard InChI is InChI=1S/C29H29N3O4/c1-5-16-36-27(35)32-22-15-11-10-14-20(22)29(28(3,4)6-2)18-23-24(33)30-21(25(34)31(23)26(29)32)17-19-12-8-7-9-13-19/h5-15,17,23,26H,1-2,16,18H2,3-4H3,(H,30,33)/b21-17-/t23?,26-,29-/m1/s1. The first kappa shape index (κ1) is 23.6. The van der Waals surface area contributed by atoms with Gasteiger partial charge in [0.2, 0.25) is 5.91 Å². The van der Waals surface area contributed by atoms with E-state index in [1.54, 1.807) is 11.0 Å². The number of anilines is 1. The number of nitrogens with zero attached hydrogens (tertiary/aromatic N) is 2. The summed E-state index contributed by atoms with van der Waals surface area (Å²) in [5.74, 6) is -0.619. The quantitative estimate of drug-likeness (QED) is 0.506. The SMILES string of the molecule is C=CCOC(=O)N1c2ccccc2[C@]2(C(C)(C)C=C)CC3C(=O)N/C(=C\c4ccccc4)C(=O)N3[C@H]12.